The first-order chi connectivity index (χ1) is 10.1. The van der Waals surface area contributed by atoms with E-state index in [0.29, 0.717) is 18.1 Å². The van der Waals surface area contributed by atoms with Gasteiger partial charge in [-0.3, -0.25) is 9.48 Å². The molecule has 0 saturated carbocycles. The number of hydrogen-bond donors (Lipinski definition) is 0. The predicted molar refractivity (Wildman–Crippen MR) is 84.0 cm³/mol. The van der Waals surface area contributed by atoms with E-state index in [1.807, 2.05) is 38.2 Å². The molecule has 0 spiro atoms. The van der Waals surface area contributed by atoms with Gasteiger partial charge in [0.2, 0.25) is 0 Å². The van der Waals surface area contributed by atoms with Crippen LogP contribution in [0.25, 0.3) is 0 Å². The van der Waals surface area contributed by atoms with Crippen LogP contribution in [0.2, 0.25) is 5.15 Å². The highest BCUT2D eigenvalue weighted by molar-refractivity contribution is 6.30. The maximum Gasteiger partial charge on any atom is 0.165 e. The van der Waals surface area contributed by atoms with Crippen LogP contribution in [-0.4, -0.2) is 22.1 Å². The molecule has 1 aliphatic heterocycles. The minimum absolute atomic E-state index is 0.224. The first kappa shape index (κ1) is 14.1. The Morgan fingerprint density at radius 3 is 2.81 bits per heavy atom. The Morgan fingerprint density at radius 2 is 2.10 bits per heavy atom. The summed E-state index contributed by atoms with van der Waals surface area (Å²) >= 11 is 6.34. The fourth-order valence-corrected chi connectivity index (χ4v) is 3.11. The first-order valence-electron chi connectivity index (χ1n) is 7.13. The maximum atomic E-state index is 12.2. The number of hydrogen-bond acceptors (Lipinski definition) is 3. The quantitative estimate of drug-likeness (QED) is 0.854. The van der Waals surface area contributed by atoms with Gasteiger partial charge in [0.05, 0.1) is 5.69 Å². The van der Waals surface area contributed by atoms with Crippen molar-refractivity contribution in [3.05, 3.63) is 46.2 Å². The van der Waals surface area contributed by atoms with Gasteiger partial charge in [-0.25, -0.2) is 0 Å². The topological polar surface area (TPSA) is 38.1 Å². The lowest BCUT2D eigenvalue weighted by Gasteiger charge is -2.24. The van der Waals surface area contributed by atoms with E-state index in [9.17, 15) is 4.79 Å². The Morgan fingerprint density at radius 1 is 1.33 bits per heavy atom. The monoisotopic (exact) mass is 303 g/mol. The van der Waals surface area contributed by atoms with E-state index in [0.717, 1.165) is 35.5 Å². The minimum atomic E-state index is 0.224. The average Bonchev–Trinajstić information content (AvgIpc) is 2.63. The van der Waals surface area contributed by atoms with Crippen LogP contribution < -0.4 is 4.90 Å². The summed E-state index contributed by atoms with van der Waals surface area (Å²) in [6, 6.07) is 7.82. The molecule has 0 N–H and O–H groups in total. The summed E-state index contributed by atoms with van der Waals surface area (Å²) in [7, 11) is 1.85. The van der Waals surface area contributed by atoms with E-state index in [-0.39, 0.29) is 5.78 Å². The van der Waals surface area contributed by atoms with Gasteiger partial charge in [0.25, 0.3) is 0 Å². The minimum Gasteiger partial charge on any atom is -0.366 e. The van der Waals surface area contributed by atoms with Gasteiger partial charge in [0.15, 0.2) is 5.78 Å². The fourth-order valence-electron chi connectivity index (χ4n) is 2.88. The number of para-hydroxylation sites is 1. The summed E-state index contributed by atoms with van der Waals surface area (Å²) in [6.07, 6.45) is 1.47. The number of carbonyl (C=O) groups excluding carboxylic acids is 1. The lowest BCUT2D eigenvalue weighted by molar-refractivity contribution is 0.0984. The Balaban J connectivity index is 1.99. The van der Waals surface area contributed by atoms with Crippen LogP contribution in [0.1, 0.15) is 34.5 Å². The number of aromatic nitrogens is 2. The Bertz CT molecular complexity index is 693. The van der Waals surface area contributed by atoms with E-state index in [1.54, 1.807) is 4.68 Å². The van der Waals surface area contributed by atoms with Crippen molar-refractivity contribution in [2.24, 2.45) is 7.05 Å². The largest absolute Gasteiger partial charge is 0.366 e. The molecule has 0 unspecified atom stereocenters. The second-order valence-corrected chi connectivity index (χ2v) is 5.80. The lowest BCUT2D eigenvalue weighted by Crippen LogP contribution is -2.24. The van der Waals surface area contributed by atoms with Crippen molar-refractivity contribution in [3.8, 4) is 0 Å². The molecule has 4 nitrogen and oxygen atoms in total. The molecule has 0 bridgehead atoms. The summed E-state index contributed by atoms with van der Waals surface area (Å²) in [5.41, 5.74) is 3.78. The van der Waals surface area contributed by atoms with Crippen LogP contribution in [0.15, 0.2) is 24.3 Å². The van der Waals surface area contributed by atoms with Crippen molar-refractivity contribution in [3.63, 3.8) is 0 Å². The fraction of sp³-hybridized carbons (Fsp3) is 0.375. The molecular weight excluding hydrogens is 286 g/mol. The molecule has 21 heavy (non-hydrogen) atoms. The third kappa shape index (κ3) is 2.56. The van der Waals surface area contributed by atoms with E-state index in [4.69, 9.17) is 11.6 Å². The molecule has 2 heterocycles. The molecule has 0 amide bonds. The molecule has 110 valence electrons. The molecular formula is C16H18ClN3O. The zero-order valence-electron chi connectivity index (χ0n) is 12.3. The zero-order valence-corrected chi connectivity index (χ0v) is 13.0. The molecule has 1 aliphatic rings. The highest BCUT2D eigenvalue weighted by Gasteiger charge is 2.22. The Kier molecular flexibility index (Phi) is 3.72. The van der Waals surface area contributed by atoms with E-state index >= 15 is 0 Å². The molecule has 0 radical (unpaired) electrons. The number of halogens is 1. The van der Waals surface area contributed by atoms with Crippen molar-refractivity contribution in [1.82, 2.24) is 9.78 Å². The van der Waals surface area contributed by atoms with Crippen LogP contribution >= 0.6 is 11.6 Å². The standard InChI is InChI=1S/C16H18ClN3O/c1-11-13(16(17)19(2)18-11)10-20-9-5-8-15(21)12-6-3-4-7-14(12)20/h3-4,6-7H,5,8-10H2,1-2H3. The van der Waals surface area contributed by atoms with Gasteiger partial charge >= 0.3 is 0 Å². The summed E-state index contributed by atoms with van der Waals surface area (Å²) in [5.74, 6) is 0.224. The lowest BCUT2D eigenvalue weighted by atomic mass is 10.1. The number of aryl methyl sites for hydroxylation is 2. The molecule has 5 heteroatoms. The van der Waals surface area contributed by atoms with E-state index in [2.05, 4.69) is 10.00 Å². The van der Waals surface area contributed by atoms with E-state index in [1.165, 1.54) is 0 Å². The Labute approximate surface area is 129 Å². The smallest absolute Gasteiger partial charge is 0.165 e. The second kappa shape index (κ2) is 5.53. The molecule has 2 aromatic rings. The third-order valence-electron chi connectivity index (χ3n) is 4.00. The number of anilines is 1. The highest BCUT2D eigenvalue weighted by atomic mass is 35.5. The predicted octanol–water partition coefficient (Wildman–Crippen LogP) is 3.37. The van der Waals surface area contributed by atoms with Crippen LogP contribution in [0.3, 0.4) is 0 Å². The van der Waals surface area contributed by atoms with Gasteiger partial charge in [-0.2, -0.15) is 5.10 Å². The van der Waals surface area contributed by atoms with Crippen LogP contribution in [0.5, 0.6) is 0 Å². The number of nitrogens with zero attached hydrogens (tertiary/aromatic N) is 3. The van der Waals surface area contributed by atoms with Gasteiger partial charge in [-0.15, -0.1) is 0 Å². The van der Waals surface area contributed by atoms with Crippen LogP contribution in [0.4, 0.5) is 5.69 Å². The number of ketones is 1. The molecule has 0 saturated heterocycles. The SMILES string of the molecule is Cc1nn(C)c(Cl)c1CN1CCCC(=O)c2ccccc21. The second-order valence-electron chi connectivity index (χ2n) is 5.44. The van der Waals surface area contributed by atoms with Gasteiger partial charge in [-0.05, 0) is 25.5 Å². The summed E-state index contributed by atoms with van der Waals surface area (Å²) < 4.78 is 1.70. The molecule has 1 aromatic carbocycles. The molecule has 0 atom stereocenters. The summed E-state index contributed by atoms with van der Waals surface area (Å²) in [4.78, 5) is 14.4. The molecule has 3 rings (SSSR count). The third-order valence-corrected chi connectivity index (χ3v) is 4.47. The maximum absolute atomic E-state index is 12.2. The summed E-state index contributed by atoms with van der Waals surface area (Å²) in [5, 5.41) is 5.03. The van der Waals surface area contributed by atoms with Gasteiger partial charge in [0, 0.05) is 43.4 Å². The molecule has 0 fully saturated rings. The summed E-state index contributed by atoms with van der Waals surface area (Å²) in [6.45, 7) is 3.51. The normalized spacial score (nSPS) is 15.0. The highest BCUT2D eigenvalue weighted by Crippen LogP contribution is 2.29. The zero-order chi connectivity index (χ0) is 15.0. The number of Topliss-reactive ketones (excluding diaryl/α,β-unsaturated/α-hetero) is 1. The first-order valence-corrected chi connectivity index (χ1v) is 7.51. The van der Waals surface area contributed by atoms with Crippen molar-refractivity contribution in [2.45, 2.75) is 26.3 Å². The van der Waals surface area contributed by atoms with E-state index < -0.39 is 0 Å². The van der Waals surface area contributed by atoms with Crippen molar-refractivity contribution >= 4 is 23.1 Å². The number of fused-ring (bicyclic) bond motifs is 1. The molecule has 0 aliphatic carbocycles. The number of carbonyl (C=O) groups is 1. The van der Waals surface area contributed by atoms with Crippen LogP contribution in [0, 0.1) is 6.92 Å². The molecule has 1 aromatic heterocycles. The van der Waals surface area contributed by atoms with Gasteiger partial charge in [0.1, 0.15) is 5.15 Å². The van der Waals surface area contributed by atoms with Crippen molar-refractivity contribution in [2.75, 3.05) is 11.4 Å². The number of benzene rings is 1. The van der Waals surface area contributed by atoms with Crippen molar-refractivity contribution < 1.29 is 4.79 Å². The van der Waals surface area contributed by atoms with Gasteiger partial charge in [-0.1, -0.05) is 23.7 Å². The number of rotatable bonds is 2. The van der Waals surface area contributed by atoms with Crippen LogP contribution in [-0.2, 0) is 13.6 Å². The van der Waals surface area contributed by atoms with Crippen molar-refractivity contribution in [1.29, 1.82) is 0 Å². The Hall–Kier alpha value is -1.81. The van der Waals surface area contributed by atoms with Gasteiger partial charge < -0.3 is 4.90 Å². The average molecular weight is 304 g/mol.